The standard InChI is InChI=1S/3C5H12O2.C4H8O2.C4H10O.C3H6O/c3*1-3-5(6)4-7-2;1-4(5)3-6-2;1-3-4-5-2;1-3(2)4/h3*5-6H,3-4H2,1-2H3;3H2,1-2H3;3-4H2,1-2H3;1-2H3/t2*5-;;;;/m10..../s1. The largest absolute Gasteiger partial charge is 0.391 e. The van der Waals surface area contributed by atoms with Crippen LogP contribution in [0.1, 0.15) is 74.1 Å². The third-order valence-corrected chi connectivity index (χ3v) is 3.25. The average molecular weight is 533 g/mol. The van der Waals surface area contributed by atoms with Crippen molar-refractivity contribution >= 4 is 11.6 Å². The van der Waals surface area contributed by atoms with Gasteiger partial charge in [0.25, 0.3) is 0 Å². The van der Waals surface area contributed by atoms with E-state index in [4.69, 9.17) is 20.1 Å². The van der Waals surface area contributed by atoms with Crippen molar-refractivity contribution in [2.45, 2.75) is 92.5 Å². The maximum atomic E-state index is 9.92. The van der Waals surface area contributed by atoms with Gasteiger partial charge in [-0.25, -0.2) is 0 Å². The summed E-state index contributed by atoms with van der Waals surface area (Å²) in [7, 11) is 7.96. The quantitative estimate of drug-likeness (QED) is 0.324. The molecule has 0 aliphatic heterocycles. The second-order valence-electron chi connectivity index (χ2n) is 7.59. The fourth-order valence-electron chi connectivity index (χ4n) is 1.34. The third kappa shape index (κ3) is 93.6. The van der Waals surface area contributed by atoms with Crippen molar-refractivity contribution in [2.24, 2.45) is 0 Å². The maximum absolute atomic E-state index is 9.92. The number of methoxy groups -OCH3 is 5. The Morgan fingerprint density at radius 3 is 0.889 bits per heavy atom. The van der Waals surface area contributed by atoms with Crippen LogP contribution in [0, 0.1) is 0 Å². The van der Waals surface area contributed by atoms with Gasteiger partial charge in [-0.05, 0) is 46.5 Å². The number of carbonyl (C=O) groups is 2. The lowest BCUT2D eigenvalue weighted by atomic mass is 10.3. The fraction of sp³-hybridized carbons (Fsp3) is 0.923. The molecule has 0 aromatic carbocycles. The first-order chi connectivity index (χ1) is 16.8. The highest BCUT2D eigenvalue weighted by atomic mass is 16.5. The minimum atomic E-state index is -0.273. The van der Waals surface area contributed by atoms with E-state index in [0.717, 1.165) is 32.3 Å². The smallest absolute Gasteiger partial charge is 0.155 e. The van der Waals surface area contributed by atoms with E-state index in [1.54, 1.807) is 28.4 Å². The summed E-state index contributed by atoms with van der Waals surface area (Å²) in [5, 5.41) is 26.2. The van der Waals surface area contributed by atoms with Crippen LogP contribution < -0.4 is 0 Å². The van der Waals surface area contributed by atoms with E-state index in [2.05, 4.69) is 25.9 Å². The Labute approximate surface area is 221 Å². The van der Waals surface area contributed by atoms with Crippen molar-refractivity contribution in [3.05, 3.63) is 0 Å². The van der Waals surface area contributed by atoms with Crippen molar-refractivity contribution in [1.29, 1.82) is 0 Å². The van der Waals surface area contributed by atoms with Crippen LogP contribution in [0.15, 0.2) is 0 Å². The van der Waals surface area contributed by atoms with Crippen molar-refractivity contribution in [1.82, 2.24) is 0 Å². The van der Waals surface area contributed by atoms with E-state index >= 15 is 0 Å². The van der Waals surface area contributed by atoms with E-state index in [1.807, 2.05) is 20.8 Å². The number of hydrogen-bond donors (Lipinski definition) is 3. The highest BCUT2D eigenvalue weighted by Gasteiger charge is 1.96. The molecule has 10 heteroatoms. The molecule has 0 bridgehead atoms. The van der Waals surface area contributed by atoms with Gasteiger partial charge in [-0.15, -0.1) is 0 Å². The SMILES string of the molecule is CC(C)=O.CCC(O)COC.CCCOC.CC[C@@H](O)COC.CC[C@H](O)COC.COCC(C)=O. The van der Waals surface area contributed by atoms with Gasteiger partial charge in [0.2, 0.25) is 0 Å². The number of aliphatic hydroxyl groups excluding tert-OH is 3. The summed E-state index contributed by atoms with van der Waals surface area (Å²) < 4.78 is 23.1. The Balaban J connectivity index is -0.0000000758. The summed E-state index contributed by atoms with van der Waals surface area (Å²) in [5.41, 5.74) is 0. The van der Waals surface area contributed by atoms with Crippen LogP contribution in [0.3, 0.4) is 0 Å². The molecular weight excluding hydrogens is 472 g/mol. The monoisotopic (exact) mass is 532 g/mol. The lowest BCUT2D eigenvalue weighted by Gasteiger charge is -2.02. The highest BCUT2D eigenvalue weighted by molar-refractivity contribution is 5.76. The van der Waals surface area contributed by atoms with Gasteiger partial charge in [0.05, 0.1) is 38.1 Å². The van der Waals surface area contributed by atoms with Crippen molar-refractivity contribution in [3.63, 3.8) is 0 Å². The number of aliphatic hydroxyl groups is 3. The second kappa shape index (κ2) is 47.2. The molecule has 3 N–H and O–H groups in total. The molecule has 0 rings (SSSR count). The number of ketones is 2. The molecule has 10 nitrogen and oxygen atoms in total. The zero-order valence-electron chi connectivity index (χ0n) is 25.3. The molecule has 0 saturated heterocycles. The summed E-state index contributed by atoms with van der Waals surface area (Å²) in [6.45, 7) is 14.9. The molecule has 0 fully saturated rings. The molecular formula is C26H60O10. The predicted octanol–water partition coefficient (Wildman–Crippen LogP) is 3.07. The molecule has 0 spiro atoms. The van der Waals surface area contributed by atoms with Crippen LogP contribution in [0.25, 0.3) is 0 Å². The Hall–Kier alpha value is -0.980. The predicted molar refractivity (Wildman–Crippen MR) is 146 cm³/mol. The highest BCUT2D eigenvalue weighted by Crippen LogP contribution is 1.88. The molecule has 0 saturated carbocycles. The zero-order chi connectivity index (χ0) is 29.8. The first-order valence-electron chi connectivity index (χ1n) is 12.3. The lowest BCUT2D eigenvalue weighted by Crippen LogP contribution is -2.11. The Morgan fingerprint density at radius 1 is 0.583 bits per heavy atom. The number of carbonyl (C=O) groups excluding carboxylic acids is 2. The average Bonchev–Trinajstić information content (AvgIpc) is 2.81. The summed E-state index contributed by atoms with van der Waals surface area (Å²) in [5.74, 6) is 0.234. The first-order valence-corrected chi connectivity index (χ1v) is 12.3. The van der Waals surface area contributed by atoms with E-state index in [9.17, 15) is 9.59 Å². The van der Waals surface area contributed by atoms with Crippen molar-refractivity contribution in [3.8, 4) is 0 Å². The zero-order valence-corrected chi connectivity index (χ0v) is 25.3. The van der Waals surface area contributed by atoms with Gasteiger partial charge in [-0.2, -0.15) is 0 Å². The Morgan fingerprint density at radius 2 is 0.861 bits per heavy atom. The van der Waals surface area contributed by atoms with Gasteiger partial charge in [0.15, 0.2) is 5.78 Å². The van der Waals surface area contributed by atoms with Crippen LogP contribution in [0.5, 0.6) is 0 Å². The molecule has 0 amide bonds. The minimum Gasteiger partial charge on any atom is -0.391 e. The Kier molecular flexibility index (Phi) is 63.2. The number of hydrogen-bond acceptors (Lipinski definition) is 10. The minimum absolute atomic E-state index is 0.0671. The van der Waals surface area contributed by atoms with Gasteiger partial charge in [-0.3, -0.25) is 4.79 Å². The van der Waals surface area contributed by atoms with Gasteiger partial charge in [0, 0.05) is 42.2 Å². The molecule has 3 atom stereocenters. The van der Waals surface area contributed by atoms with Crippen LogP contribution in [0.2, 0.25) is 0 Å². The number of ether oxygens (including phenoxy) is 5. The molecule has 0 aliphatic carbocycles. The van der Waals surface area contributed by atoms with Gasteiger partial charge in [0.1, 0.15) is 12.4 Å². The van der Waals surface area contributed by atoms with E-state index in [0.29, 0.717) is 19.8 Å². The number of Topliss-reactive ketones (excluding diaryl/α,β-unsaturated/α-hetero) is 2. The lowest BCUT2D eigenvalue weighted by molar-refractivity contribution is -0.120. The third-order valence-electron chi connectivity index (χ3n) is 3.25. The molecule has 0 heterocycles. The molecule has 36 heavy (non-hydrogen) atoms. The molecule has 0 aliphatic rings. The van der Waals surface area contributed by atoms with Crippen molar-refractivity contribution in [2.75, 3.05) is 68.6 Å². The molecule has 1 unspecified atom stereocenters. The summed E-state index contributed by atoms with van der Waals surface area (Å²) >= 11 is 0. The van der Waals surface area contributed by atoms with Crippen LogP contribution in [-0.2, 0) is 33.3 Å². The molecule has 0 radical (unpaired) electrons. The van der Waals surface area contributed by atoms with Crippen LogP contribution >= 0.6 is 0 Å². The maximum Gasteiger partial charge on any atom is 0.155 e. The van der Waals surface area contributed by atoms with Gasteiger partial charge >= 0.3 is 0 Å². The summed E-state index contributed by atoms with van der Waals surface area (Å²) in [6, 6.07) is 0. The second-order valence-corrected chi connectivity index (χ2v) is 7.59. The van der Waals surface area contributed by atoms with E-state index in [1.165, 1.54) is 27.9 Å². The topological polar surface area (TPSA) is 141 Å². The van der Waals surface area contributed by atoms with Gasteiger partial charge in [-0.1, -0.05) is 27.7 Å². The van der Waals surface area contributed by atoms with E-state index in [-0.39, 0.29) is 36.5 Å². The summed E-state index contributed by atoms with van der Waals surface area (Å²) in [6.07, 6.45) is 2.62. The summed E-state index contributed by atoms with van der Waals surface area (Å²) in [4.78, 5) is 19.4. The fourth-order valence-corrected chi connectivity index (χ4v) is 1.34. The van der Waals surface area contributed by atoms with Crippen molar-refractivity contribution < 1.29 is 48.6 Å². The van der Waals surface area contributed by atoms with E-state index < -0.39 is 0 Å². The first kappa shape index (κ1) is 48.1. The van der Waals surface area contributed by atoms with Crippen LogP contribution in [-0.4, -0.2) is 114 Å². The Bertz CT molecular complexity index is 347. The van der Waals surface area contributed by atoms with Crippen LogP contribution in [0.4, 0.5) is 0 Å². The normalized spacial score (nSPS) is 11.5. The molecule has 224 valence electrons. The van der Waals surface area contributed by atoms with Gasteiger partial charge < -0.3 is 43.8 Å². The molecule has 0 aromatic rings. The molecule has 0 aromatic heterocycles. The number of rotatable bonds is 13.